The van der Waals surface area contributed by atoms with Gasteiger partial charge < -0.3 is 19.5 Å². The molecule has 6 heteroatoms. The van der Waals surface area contributed by atoms with Crippen molar-refractivity contribution in [2.45, 2.75) is 33.4 Å². The lowest BCUT2D eigenvalue weighted by Crippen LogP contribution is -2.29. The summed E-state index contributed by atoms with van der Waals surface area (Å²) in [5.41, 5.74) is 2.94. The minimum Gasteiger partial charge on any atom is -0.507 e. The third kappa shape index (κ3) is 4.98. The number of carbonyl (C=O) groups is 2. The van der Waals surface area contributed by atoms with E-state index in [1.165, 1.54) is 4.90 Å². The standard InChI is InChI=1S/C30H31NO5/c1-19(2)18-36-23-13-9-12-21(16-23)28(32)26-27(24-14-7-5-10-20(24)3)31(30(34)29(26)33)17-22-11-6-8-15-25(22)35-4/h5-16,19,27,32H,17-18H2,1-4H3/b28-26+. The van der Waals surface area contributed by atoms with E-state index in [0.717, 1.165) is 16.7 Å². The molecule has 1 unspecified atom stereocenters. The van der Waals surface area contributed by atoms with Gasteiger partial charge in [0.05, 0.1) is 31.9 Å². The number of amides is 1. The maximum Gasteiger partial charge on any atom is 0.295 e. The number of aryl methyl sites for hydroxylation is 1. The molecule has 1 N–H and O–H groups in total. The molecule has 1 heterocycles. The largest absolute Gasteiger partial charge is 0.507 e. The Morgan fingerprint density at radius 1 is 1.00 bits per heavy atom. The van der Waals surface area contributed by atoms with Gasteiger partial charge in [-0.15, -0.1) is 0 Å². The number of aliphatic hydroxyl groups excluding tert-OH is 1. The average molecular weight is 486 g/mol. The summed E-state index contributed by atoms with van der Waals surface area (Å²) in [5.74, 6) is -0.0591. The second-order valence-corrected chi connectivity index (χ2v) is 9.33. The highest BCUT2D eigenvalue weighted by atomic mass is 16.5. The zero-order valence-electron chi connectivity index (χ0n) is 21.0. The van der Waals surface area contributed by atoms with Gasteiger partial charge >= 0.3 is 0 Å². The van der Waals surface area contributed by atoms with E-state index in [-0.39, 0.29) is 17.9 Å². The number of rotatable bonds is 8. The minimum absolute atomic E-state index is 0.0604. The molecule has 0 aliphatic carbocycles. The highest BCUT2D eigenvalue weighted by molar-refractivity contribution is 6.46. The van der Waals surface area contributed by atoms with Crippen LogP contribution in [0.3, 0.4) is 0 Å². The number of hydrogen-bond donors (Lipinski definition) is 1. The molecule has 186 valence electrons. The molecule has 0 bridgehead atoms. The van der Waals surface area contributed by atoms with Crippen molar-refractivity contribution in [2.75, 3.05) is 13.7 Å². The molecular weight excluding hydrogens is 454 g/mol. The smallest absolute Gasteiger partial charge is 0.295 e. The number of nitrogens with zero attached hydrogens (tertiary/aromatic N) is 1. The summed E-state index contributed by atoms with van der Waals surface area (Å²) in [6.45, 7) is 6.71. The second-order valence-electron chi connectivity index (χ2n) is 9.33. The van der Waals surface area contributed by atoms with Crippen molar-refractivity contribution in [3.8, 4) is 11.5 Å². The fourth-order valence-electron chi connectivity index (χ4n) is 4.43. The quantitative estimate of drug-likeness (QED) is 0.253. The summed E-state index contributed by atoms with van der Waals surface area (Å²) >= 11 is 0. The third-order valence-corrected chi connectivity index (χ3v) is 6.25. The molecule has 6 nitrogen and oxygen atoms in total. The van der Waals surface area contributed by atoms with Crippen LogP contribution in [0.15, 0.2) is 78.4 Å². The lowest BCUT2D eigenvalue weighted by molar-refractivity contribution is -0.140. The number of hydrogen-bond acceptors (Lipinski definition) is 5. The molecule has 1 saturated heterocycles. The van der Waals surface area contributed by atoms with Crippen LogP contribution in [0.1, 0.15) is 42.1 Å². The van der Waals surface area contributed by atoms with Crippen LogP contribution in [0.2, 0.25) is 0 Å². The van der Waals surface area contributed by atoms with Gasteiger partial charge in [0.15, 0.2) is 0 Å². The molecule has 0 aromatic heterocycles. The number of carbonyl (C=O) groups excluding carboxylic acids is 2. The second kappa shape index (κ2) is 10.7. The molecule has 3 aromatic carbocycles. The number of ketones is 1. The van der Waals surface area contributed by atoms with Crippen LogP contribution >= 0.6 is 0 Å². The molecule has 36 heavy (non-hydrogen) atoms. The SMILES string of the molecule is COc1ccccc1CN1C(=O)C(=O)/C(=C(/O)c2cccc(OCC(C)C)c2)C1c1ccccc1C. The van der Waals surface area contributed by atoms with E-state index in [9.17, 15) is 14.7 Å². The minimum atomic E-state index is -0.753. The monoisotopic (exact) mass is 485 g/mol. The number of likely N-dealkylation sites (tertiary alicyclic amines) is 1. The molecule has 1 aliphatic heterocycles. The normalized spacial score (nSPS) is 17.0. The van der Waals surface area contributed by atoms with Gasteiger partial charge in [0, 0.05) is 11.1 Å². The summed E-state index contributed by atoms with van der Waals surface area (Å²) in [7, 11) is 1.57. The van der Waals surface area contributed by atoms with Crippen LogP contribution in [0.5, 0.6) is 11.5 Å². The van der Waals surface area contributed by atoms with E-state index in [1.54, 1.807) is 31.4 Å². The van der Waals surface area contributed by atoms with Crippen LogP contribution in [0, 0.1) is 12.8 Å². The number of methoxy groups -OCH3 is 1. The van der Waals surface area contributed by atoms with Crippen molar-refractivity contribution in [1.29, 1.82) is 0 Å². The van der Waals surface area contributed by atoms with Crippen LogP contribution in [0.4, 0.5) is 0 Å². The molecular formula is C30H31NO5. The average Bonchev–Trinajstić information content (AvgIpc) is 3.12. The van der Waals surface area contributed by atoms with Crippen LogP contribution in [-0.4, -0.2) is 35.4 Å². The summed E-state index contributed by atoms with van der Waals surface area (Å²) in [4.78, 5) is 28.3. The predicted molar refractivity (Wildman–Crippen MR) is 139 cm³/mol. The van der Waals surface area contributed by atoms with Gasteiger partial charge in [-0.1, -0.05) is 68.4 Å². The fourth-order valence-corrected chi connectivity index (χ4v) is 4.43. The summed E-state index contributed by atoms with van der Waals surface area (Å²) < 4.78 is 11.3. The van der Waals surface area contributed by atoms with E-state index >= 15 is 0 Å². The Morgan fingerprint density at radius 3 is 2.44 bits per heavy atom. The molecule has 0 spiro atoms. The van der Waals surface area contributed by atoms with E-state index < -0.39 is 17.7 Å². The van der Waals surface area contributed by atoms with E-state index in [4.69, 9.17) is 9.47 Å². The Hall–Kier alpha value is -4.06. The Kier molecular flexibility index (Phi) is 7.44. The highest BCUT2D eigenvalue weighted by Gasteiger charge is 2.46. The molecule has 3 aromatic rings. The molecule has 1 atom stereocenters. The zero-order chi connectivity index (χ0) is 25.8. The van der Waals surface area contributed by atoms with E-state index in [2.05, 4.69) is 13.8 Å². The zero-order valence-corrected chi connectivity index (χ0v) is 21.0. The molecule has 1 amide bonds. The lowest BCUT2D eigenvalue weighted by atomic mass is 9.92. The van der Waals surface area contributed by atoms with Gasteiger partial charge in [0.1, 0.15) is 17.3 Å². The van der Waals surface area contributed by atoms with Gasteiger partial charge in [-0.3, -0.25) is 9.59 Å². The summed E-state index contributed by atoms with van der Waals surface area (Å²) in [6.07, 6.45) is 0. The number of ether oxygens (including phenoxy) is 2. The van der Waals surface area contributed by atoms with Crippen LogP contribution < -0.4 is 9.47 Å². The van der Waals surface area contributed by atoms with Crippen LogP contribution in [0.25, 0.3) is 5.76 Å². The van der Waals surface area contributed by atoms with Gasteiger partial charge in [0.2, 0.25) is 0 Å². The molecule has 0 radical (unpaired) electrons. The van der Waals surface area contributed by atoms with Crippen molar-refractivity contribution in [1.82, 2.24) is 4.90 Å². The maximum atomic E-state index is 13.4. The summed E-state index contributed by atoms with van der Waals surface area (Å²) in [6, 6.07) is 21.2. The van der Waals surface area contributed by atoms with Gasteiger partial charge in [-0.05, 0) is 42.2 Å². The number of para-hydroxylation sites is 1. The molecule has 4 rings (SSSR count). The Labute approximate surface area is 211 Å². The third-order valence-electron chi connectivity index (χ3n) is 6.25. The lowest BCUT2D eigenvalue weighted by Gasteiger charge is -2.27. The Balaban J connectivity index is 1.83. The number of aliphatic hydroxyl groups is 1. The number of benzene rings is 3. The first-order valence-corrected chi connectivity index (χ1v) is 12.0. The Morgan fingerprint density at radius 2 is 1.72 bits per heavy atom. The first-order valence-electron chi connectivity index (χ1n) is 12.0. The van der Waals surface area contributed by atoms with Crippen molar-refractivity contribution in [3.05, 3.63) is 101 Å². The van der Waals surface area contributed by atoms with Gasteiger partial charge in [-0.2, -0.15) is 0 Å². The van der Waals surface area contributed by atoms with Crippen LogP contribution in [-0.2, 0) is 16.1 Å². The number of Topliss-reactive ketones (excluding diaryl/α,β-unsaturated/α-hetero) is 1. The molecule has 1 aliphatic rings. The first-order chi connectivity index (χ1) is 17.3. The topological polar surface area (TPSA) is 76.1 Å². The fraction of sp³-hybridized carbons (Fsp3) is 0.267. The maximum absolute atomic E-state index is 13.4. The molecule has 0 saturated carbocycles. The van der Waals surface area contributed by atoms with Crippen molar-refractivity contribution in [2.24, 2.45) is 5.92 Å². The molecule has 1 fully saturated rings. The first kappa shape index (κ1) is 25.0. The van der Waals surface area contributed by atoms with Gasteiger partial charge in [0.25, 0.3) is 11.7 Å². The highest BCUT2D eigenvalue weighted by Crippen LogP contribution is 2.42. The predicted octanol–water partition coefficient (Wildman–Crippen LogP) is 5.66. The van der Waals surface area contributed by atoms with Gasteiger partial charge in [-0.25, -0.2) is 0 Å². The Bertz CT molecular complexity index is 1310. The van der Waals surface area contributed by atoms with E-state index in [1.807, 2.05) is 55.5 Å². The summed E-state index contributed by atoms with van der Waals surface area (Å²) in [5, 5.41) is 11.4. The van der Waals surface area contributed by atoms with E-state index in [0.29, 0.717) is 29.6 Å². The van der Waals surface area contributed by atoms with Crippen molar-refractivity contribution in [3.63, 3.8) is 0 Å². The van der Waals surface area contributed by atoms with Crippen molar-refractivity contribution < 1.29 is 24.2 Å². The van der Waals surface area contributed by atoms with Crippen molar-refractivity contribution >= 4 is 17.4 Å².